The molecule has 0 bridgehead atoms. The molecule has 1 atom stereocenters. The predicted molar refractivity (Wildman–Crippen MR) is 118 cm³/mol. The molecule has 1 aliphatic rings. The maximum atomic E-state index is 13.3. The number of hydrogen-bond donors (Lipinski definition) is 2. The molecule has 2 amide bonds. The first-order valence-electron chi connectivity index (χ1n) is 9.42. The Morgan fingerprint density at radius 2 is 1.87 bits per heavy atom. The van der Waals surface area contributed by atoms with Gasteiger partial charge < -0.3 is 15.4 Å². The first-order chi connectivity index (χ1) is 14.5. The van der Waals surface area contributed by atoms with E-state index in [4.69, 9.17) is 16.3 Å². The van der Waals surface area contributed by atoms with Crippen LogP contribution < -0.4 is 10.6 Å². The topological polar surface area (TPSA) is 84.5 Å². The van der Waals surface area contributed by atoms with E-state index in [2.05, 4.69) is 10.6 Å². The van der Waals surface area contributed by atoms with Crippen LogP contribution in [0.25, 0.3) is 0 Å². The van der Waals surface area contributed by atoms with Crippen LogP contribution in [0.3, 0.4) is 0 Å². The number of amides is 2. The molecule has 156 valence electrons. The van der Waals surface area contributed by atoms with Crippen LogP contribution in [-0.2, 0) is 19.1 Å². The van der Waals surface area contributed by atoms with Crippen molar-refractivity contribution in [2.24, 2.45) is 0 Å². The van der Waals surface area contributed by atoms with E-state index in [1.807, 2.05) is 24.3 Å². The molecule has 0 aromatic heterocycles. The Morgan fingerprint density at radius 3 is 2.57 bits per heavy atom. The molecule has 3 rings (SSSR count). The van der Waals surface area contributed by atoms with Crippen LogP contribution in [0.2, 0.25) is 5.02 Å². The molecule has 0 radical (unpaired) electrons. The number of para-hydroxylation sites is 1. The van der Waals surface area contributed by atoms with Gasteiger partial charge >= 0.3 is 5.97 Å². The minimum absolute atomic E-state index is 0.0270. The number of hydrogen-bond acceptors (Lipinski definition) is 5. The van der Waals surface area contributed by atoms with Gasteiger partial charge in [-0.15, -0.1) is 0 Å². The van der Waals surface area contributed by atoms with Gasteiger partial charge in [0.25, 0.3) is 5.91 Å². The van der Waals surface area contributed by atoms with Gasteiger partial charge in [-0.2, -0.15) is 0 Å². The third-order valence-corrected chi connectivity index (χ3v) is 5.77. The maximum absolute atomic E-state index is 13.3. The lowest BCUT2D eigenvalue weighted by molar-refractivity contribution is -0.139. The Bertz CT molecular complexity index is 978. The Kier molecular flexibility index (Phi) is 7.54. The summed E-state index contributed by atoms with van der Waals surface area (Å²) in [5.41, 5.74) is 1.67. The molecule has 0 fully saturated rings. The quantitative estimate of drug-likeness (QED) is 0.628. The number of esters is 1. The van der Waals surface area contributed by atoms with Crippen LogP contribution in [0.1, 0.15) is 24.8 Å². The molecule has 0 spiro atoms. The van der Waals surface area contributed by atoms with Gasteiger partial charge in [0.1, 0.15) is 0 Å². The highest BCUT2D eigenvalue weighted by Crippen LogP contribution is 2.39. The SMILES string of the molecule is CCOC(=O)CSC1=C(C(=O)Nc2ccccc2)[C@H](c2ccccc2Cl)CC(=O)N1. The van der Waals surface area contributed by atoms with Crippen molar-refractivity contribution in [3.8, 4) is 0 Å². The van der Waals surface area contributed by atoms with E-state index in [1.54, 1.807) is 37.3 Å². The van der Waals surface area contributed by atoms with E-state index in [9.17, 15) is 14.4 Å². The number of thioether (sulfide) groups is 1. The highest BCUT2D eigenvalue weighted by atomic mass is 35.5. The van der Waals surface area contributed by atoms with Gasteiger partial charge in [0.2, 0.25) is 5.91 Å². The van der Waals surface area contributed by atoms with Crippen LogP contribution >= 0.6 is 23.4 Å². The van der Waals surface area contributed by atoms with Crippen LogP contribution in [0.4, 0.5) is 5.69 Å². The molecule has 0 saturated heterocycles. The van der Waals surface area contributed by atoms with Crippen molar-refractivity contribution in [2.75, 3.05) is 17.7 Å². The van der Waals surface area contributed by atoms with Crippen LogP contribution in [-0.4, -0.2) is 30.1 Å². The van der Waals surface area contributed by atoms with E-state index in [0.29, 0.717) is 26.9 Å². The lowest BCUT2D eigenvalue weighted by Crippen LogP contribution is -2.35. The summed E-state index contributed by atoms with van der Waals surface area (Å²) in [6, 6.07) is 16.2. The monoisotopic (exact) mass is 444 g/mol. The first-order valence-corrected chi connectivity index (χ1v) is 10.8. The van der Waals surface area contributed by atoms with E-state index >= 15 is 0 Å². The summed E-state index contributed by atoms with van der Waals surface area (Å²) in [6.45, 7) is 1.98. The molecule has 2 N–H and O–H groups in total. The lowest BCUT2D eigenvalue weighted by Gasteiger charge is -2.28. The number of halogens is 1. The second kappa shape index (κ2) is 10.3. The van der Waals surface area contributed by atoms with E-state index in [-0.39, 0.29) is 30.6 Å². The molecule has 30 heavy (non-hydrogen) atoms. The number of anilines is 1. The molecular weight excluding hydrogens is 424 g/mol. The summed E-state index contributed by atoms with van der Waals surface area (Å²) in [5, 5.41) is 6.41. The molecule has 0 unspecified atom stereocenters. The third-order valence-electron chi connectivity index (χ3n) is 4.43. The summed E-state index contributed by atoms with van der Waals surface area (Å²) in [5.74, 6) is -1.60. The molecule has 2 aromatic rings. The summed E-state index contributed by atoms with van der Waals surface area (Å²) in [6.07, 6.45) is 0.0741. The molecule has 6 nitrogen and oxygen atoms in total. The van der Waals surface area contributed by atoms with Gasteiger partial charge in [0, 0.05) is 23.0 Å². The molecule has 0 aliphatic carbocycles. The van der Waals surface area contributed by atoms with Gasteiger partial charge in [-0.1, -0.05) is 59.8 Å². The molecular formula is C22H21ClN2O4S. The number of carbonyl (C=O) groups excluding carboxylic acids is 3. The minimum Gasteiger partial charge on any atom is -0.465 e. The number of benzene rings is 2. The summed E-state index contributed by atoms with van der Waals surface area (Å²) in [4.78, 5) is 37.5. The minimum atomic E-state index is -0.541. The molecule has 0 saturated carbocycles. The zero-order valence-electron chi connectivity index (χ0n) is 16.3. The zero-order chi connectivity index (χ0) is 21.5. The van der Waals surface area contributed by atoms with Crippen molar-refractivity contribution in [1.29, 1.82) is 0 Å². The van der Waals surface area contributed by atoms with Crippen molar-refractivity contribution in [1.82, 2.24) is 5.32 Å². The van der Waals surface area contributed by atoms with Crippen LogP contribution in [0.5, 0.6) is 0 Å². The Labute approximate surface area is 184 Å². The van der Waals surface area contributed by atoms with Crippen LogP contribution in [0, 0.1) is 0 Å². The van der Waals surface area contributed by atoms with Crippen molar-refractivity contribution < 1.29 is 19.1 Å². The summed E-state index contributed by atoms with van der Waals surface area (Å²) in [7, 11) is 0. The number of carbonyl (C=O) groups is 3. The standard InChI is InChI=1S/C22H21ClN2O4S/c1-2-29-19(27)13-30-22-20(21(28)24-14-8-4-3-5-9-14)16(12-18(26)25-22)15-10-6-7-11-17(15)23/h3-11,16H,2,12-13H2,1H3,(H,24,28)(H,25,26)/t16-/m0/s1. The first kappa shape index (κ1) is 21.9. The smallest absolute Gasteiger partial charge is 0.316 e. The molecule has 2 aromatic carbocycles. The van der Waals surface area contributed by atoms with Gasteiger partial charge in [0.05, 0.1) is 23.0 Å². The molecule has 1 aliphatic heterocycles. The van der Waals surface area contributed by atoms with Crippen LogP contribution in [0.15, 0.2) is 65.2 Å². The van der Waals surface area contributed by atoms with Gasteiger partial charge in [0.15, 0.2) is 0 Å². The predicted octanol–water partition coefficient (Wildman–Crippen LogP) is 4.09. The fourth-order valence-corrected chi connectivity index (χ4v) is 4.33. The maximum Gasteiger partial charge on any atom is 0.316 e. The average Bonchev–Trinajstić information content (AvgIpc) is 2.73. The van der Waals surface area contributed by atoms with Gasteiger partial charge in [-0.05, 0) is 30.7 Å². The van der Waals surface area contributed by atoms with Gasteiger partial charge in [-0.3, -0.25) is 14.4 Å². The van der Waals surface area contributed by atoms with Crippen molar-refractivity contribution in [2.45, 2.75) is 19.3 Å². The van der Waals surface area contributed by atoms with E-state index in [1.165, 1.54) is 0 Å². The number of rotatable bonds is 7. The van der Waals surface area contributed by atoms with Gasteiger partial charge in [-0.25, -0.2) is 0 Å². The lowest BCUT2D eigenvalue weighted by atomic mass is 9.86. The average molecular weight is 445 g/mol. The molecule has 1 heterocycles. The fraction of sp³-hybridized carbons (Fsp3) is 0.227. The highest BCUT2D eigenvalue weighted by Gasteiger charge is 2.35. The second-order valence-electron chi connectivity index (χ2n) is 6.48. The van der Waals surface area contributed by atoms with E-state index in [0.717, 1.165) is 11.8 Å². The largest absolute Gasteiger partial charge is 0.465 e. The highest BCUT2D eigenvalue weighted by molar-refractivity contribution is 8.03. The third kappa shape index (κ3) is 5.43. The fourth-order valence-electron chi connectivity index (χ4n) is 3.14. The molecule has 8 heteroatoms. The zero-order valence-corrected chi connectivity index (χ0v) is 17.9. The number of ether oxygens (including phenoxy) is 1. The van der Waals surface area contributed by atoms with Crippen molar-refractivity contribution in [3.05, 3.63) is 75.8 Å². The Morgan fingerprint density at radius 1 is 1.17 bits per heavy atom. The summed E-state index contributed by atoms with van der Waals surface area (Å²) >= 11 is 7.45. The Hall–Kier alpha value is -2.77. The van der Waals surface area contributed by atoms with Crippen molar-refractivity contribution >= 4 is 46.8 Å². The Balaban J connectivity index is 2.00. The van der Waals surface area contributed by atoms with Crippen molar-refractivity contribution in [3.63, 3.8) is 0 Å². The second-order valence-corrected chi connectivity index (χ2v) is 7.88. The normalized spacial score (nSPS) is 16.1. The summed E-state index contributed by atoms with van der Waals surface area (Å²) < 4.78 is 4.97. The number of nitrogens with one attached hydrogen (secondary N) is 2. The van der Waals surface area contributed by atoms with E-state index < -0.39 is 11.9 Å².